The molecule has 2 unspecified atom stereocenters. The monoisotopic (exact) mass is 424 g/mol. The van der Waals surface area contributed by atoms with Crippen molar-refractivity contribution in [2.24, 2.45) is 10.9 Å². The van der Waals surface area contributed by atoms with E-state index in [9.17, 15) is 0 Å². The molecule has 1 N–H and O–H groups in total. The average molecular weight is 424 g/mol. The van der Waals surface area contributed by atoms with Crippen LogP contribution in [0.4, 0.5) is 0 Å². The second-order valence-corrected chi connectivity index (χ2v) is 6.41. The Labute approximate surface area is 152 Å². The van der Waals surface area contributed by atoms with Crippen molar-refractivity contribution in [3.63, 3.8) is 0 Å². The van der Waals surface area contributed by atoms with Gasteiger partial charge in [0.15, 0.2) is 5.96 Å². The Bertz CT molecular complexity index is 340. The molecule has 0 radical (unpaired) electrons. The quantitative estimate of drug-likeness (QED) is 0.417. The first kappa shape index (κ1) is 20.0. The van der Waals surface area contributed by atoms with Crippen LogP contribution in [-0.4, -0.2) is 75.3 Å². The third-order valence-corrected chi connectivity index (χ3v) is 4.82. The Morgan fingerprint density at radius 3 is 2.77 bits per heavy atom. The number of rotatable bonds is 5. The maximum Gasteiger partial charge on any atom is 0.193 e. The first-order valence-electron chi connectivity index (χ1n) is 8.43. The van der Waals surface area contributed by atoms with Gasteiger partial charge < -0.3 is 15.0 Å². The topological polar surface area (TPSA) is 40.1 Å². The van der Waals surface area contributed by atoms with Crippen LogP contribution in [0.2, 0.25) is 0 Å². The van der Waals surface area contributed by atoms with Crippen LogP contribution in [0.3, 0.4) is 0 Å². The fraction of sp³-hybridized carbons (Fsp3) is 0.938. The van der Waals surface area contributed by atoms with Crippen LogP contribution >= 0.6 is 24.0 Å². The lowest BCUT2D eigenvalue weighted by molar-refractivity contribution is 0.156. The van der Waals surface area contributed by atoms with Crippen molar-refractivity contribution >= 4 is 29.9 Å². The normalized spacial score (nSPS) is 26.9. The number of likely N-dealkylation sites (tertiary alicyclic amines) is 2. The van der Waals surface area contributed by atoms with Crippen molar-refractivity contribution in [3.05, 3.63) is 0 Å². The Morgan fingerprint density at radius 2 is 2.09 bits per heavy atom. The molecular formula is C16H33IN4O. The zero-order valence-corrected chi connectivity index (χ0v) is 16.7. The summed E-state index contributed by atoms with van der Waals surface area (Å²) in [5.41, 5.74) is 0. The second-order valence-electron chi connectivity index (χ2n) is 6.41. The summed E-state index contributed by atoms with van der Waals surface area (Å²) in [5.74, 6) is 1.70. The van der Waals surface area contributed by atoms with Gasteiger partial charge in [-0.3, -0.25) is 9.89 Å². The largest absolute Gasteiger partial charge is 0.384 e. The SMILES string of the molecule is CN=C(NCCN1CCCCC1C)N1CCC(COC)C1.I. The van der Waals surface area contributed by atoms with Crippen molar-refractivity contribution in [2.75, 3.05) is 53.5 Å². The third-order valence-electron chi connectivity index (χ3n) is 4.82. The standard InChI is InChI=1S/C16H32N4O.HI/c1-14-6-4-5-9-19(14)11-8-18-16(17-2)20-10-7-15(12-20)13-21-3;/h14-15H,4-13H2,1-3H3,(H,17,18);1H. The summed E-state index contributed by atoms with van der Waals surface area (Å²) in [4.78, 5) is 9.40. The molecule has 0 aromatic heterocycles. The average Bonchev–Trinajstić information content (AvgIpc) is 2.94. The molecule has 2 aliphatic heterocycles. The molecule has 2 heterocycles. The van der Waals surface area contributed by atoms with E-state index in [1.165, 1.54) is 32.2 Å². The van der Waals surface area contributed by atoms with E-state index in [1.54, 1.807) is 7.11 Å². The Balaban J connectivity index is 0.00000242. The zero-order valence-electron chi connectivity index (χ0n) is 14.4. The molecule has 0 saturated carbocycles. The summed E-state index contributed by atoms with van der Waals surface area (Å²) >= 11 is 0. The zero-order chi connectivity index (χ0) is 15.1. The Hall–Kier alpha value is -0.0800. The molecule has 0 amide bonds. The molecule has 22 heavy (non-hydrogen) atoms. The van der Waals surface area contributed by atoms with Crippen LogP contribution in [0.5, 0.6) is 0 Å². The number of hydrogen-bond acceptors (Lipinski definition) is 3. The van der Waals surface area contributed by atoms with Crippen LogP contribution in [0, 0.1) is 5.92 Å². The number of methoxy groups -OCH3 is 1. The van der Waals surface area contributed by atoms with Gasteiger partial charge in [0.2, 0.25) is 0 Å². The van der Waals surface area contributed by atoms with Gasteiger partial charge in [-0.15, -0.1) is 24.0 Å². The molecule has 6 heteroatoms. The maximum absolute atomic E-state index is 5.27. The van der Waals surface area contributed by atoms with E-state index in [-0.39, 0.29) is 24.0 Å². The molecule has 2 aliphatic rings. The van der Waals surface area contributed by atoms with Gasteiger partial charge in [-0.2, -0.15) is 0 Å². The summed E-state index contributed by atoms with van der Waals surface area (Å²) in [7, 11) is 3.67. The predicted molar refractivity (Wildman–Crippen MR) is 103 cm³/mol. The summed E-state index contributed by atoms with van der Waals surface area (Å²) in [6.45, 7) is 8.73. The Morgan fingerprint density at radius 1 is 1.27 bits per heavy atom. The predicted octanol–water partition coefficient (Wildman–Crippen LogP) is 2.02. The minimum atomic E-state index is 0. The number of hydrogen-bond donors (Lipinski definition) is 1. The number of aliphatic imine (C=N–C) groups is 1. The first-order valence-corrected chi connectivity index (χ1v) is 8.43. The first-order chi connectivity index (χ1) is 10.2. The fourth-order valence-corrected chi connectivity index (χ4v) is 3.53. The number of guanidine groups is 1. The van der Waals surface area contributed by atoms with Crippen LogP contribution < -0.4 is 5.32 Å². The molecule has 2 rings (SSSR count). The highest BCUT2D eigenvalue weighted by atomic mass is 127. The van der Waals surface area contributed by atoms with E-state index in [2.05, 4.69) is 27.0 Å². The summed E-state index contributed by atoms with van der Waals surface area (Å²) in [6, 6.07) is 0.737. The number of halogens is 1. The lowest BCUT2D eigenvalue weighted by Gasteiger charge is -2.33. The van der Waals surface area contributed by atoms with E-state index < -0.39 is 0 Å². The number of nitrogens with zero attached hydrogens (tertiary/aromatic N) is 3. The highest BCUT2D eigenvalue weighted by molar-refractivity contribution is 14.0. The molecule has 2 atom stereocenters. The molecule has 0 aromatic carbocycles. The lowest BCUT2D eigenvalue weighted by atomic mass is 10.0. The van der Waals surface area contributed by atoms with E-state index in [0.717, 1.165) is 44.8 Å². The van der Waals surface area contributed by atoms with Crippen molar-refractivity contribution in [1.82, 2.24) is 15.1 Å². The minimum absolute atomic E-state index is 0. The molecule has 0 bridgehead atoms. The minimum Gasteiger partial charge on any atom is -0.384 e. The van der Waals surface area contributed by atoms with Gasteiger partial charge in [0, 0.05) is 52.3 Å². The highest BCUT2D eigenvalue weighted by Crippen LogP contribution is 2.17. The van der Waals surface area contributed by atoms with Crippen molar-refractivity contribution in [2.45, 2.75) is 38.6 Å². The fourth-order valence-electron chi connectivity index (χ4n) is 3.53. The van der Waals surface area contributed by atoms with E-state index in [4.69, 9.17) is 4.74 Å². The number of piperidine rings is 1. The highest BCUT2D eigenvalue weighted by Gasteiger charge is 2.25. The van der Waals surface area contributed by atoms with E-state index in [1.807, 2.05) is 7.05 Å². The maximum atomic E-state index is 5.27. The van der Waals surface area contributed by atoms with Gasteiger partial charge in [0.05, 0.1) is 6.61 Å². The van der Waals surface area contributed by atoms with Crippen LogP contribution in [0.25, 0.3) is 0 Å². The Kier molecular flexibility index (Phi) is 9.66. The summed E-state index contributed by atoms with van der Waals surface area (Å²) in [6.07, 6.45) is 5.29. The van der Waals surface area contributed by atoms with E-state index >= 15 is 0 Å². The lowest BCUT2D eigenvalue weighted by Crippen LogP contribution is -2.46. The molecule has 0 aromatic rings. The van der Waals surface area contributed by atoms with Gasteiger partial charge >= 0.3 is 0 Å². The summed E-state index contributed by atoms with van der Waals surface area (Å²) in [5, 5.41) is 3.54. The van der Waals surface area contributed by atoms with Gasteiger partial charge in [-0.1, -0.05) is 6.42 Å². The number of nitrogens with one attached hydrogen (secondary N) is 1. The number of ether oxygens (including phenoxy) is 1. The third kappa shape index (κ3) is 5.85. The second kappa shape index (κ2) is 10.6. The molecule has 0 spiro atoms. The molecule has 0 aliphatic carbocycles. The summed E-state index contributed by atoms with van der Waals surface area (Å²) < 4.78 is 5.27. The molecule has 2 fully saturated rings. The van der Waals surface area contributed by atoms with Crippen molar-refractivity contribution < 1.29 is 4.74 Å². The van der Waals surface area contributed by atoms with Crippen LogP contribution in [0.1, 0.15) is 32.6 Å². The van der Waals surface area contributed by atoms with Crippen molar-refractivity contribution in [1.29, 1.82) is 0 Å². The van der Waals surface area contributed by atoms with Gasteiger partial charge in [-0.05, 0) is 32.7 Å². The van der Waals surface area contributed by atoms with Crippen LogP contribution in [-0.2, 0) is 4.74 Å². The van der Waals surface area contributed by atoms with Crippen LogP contribution in [0.15, 0.2) is 4.99 Å². The molecular weight excluding hydrogens is 391 g/mol. The molecule has 2 saturated heterocycles. The molecule has 130 valence electrons. The van der Waals surface area contributed by atoms with E-state index in [0.29, 0.717) is 5.92 Å². The van der Waals surface area contributed by atoms with Gasteiger partial charge in [-0.25, -0.2) is 0 Å². The molecule has 5 nitrogen and oxygen atoms in total. The smallest absolute Gasteiger partial charge is 0.193 e. The van der Waals surface area contributed by atoms with Gasteiger partial charge in [0.1, 0.15) is 0 Å². The van der Waals surface area contributed by atoms with Gasteiger partial charge in [0.25, 0.3) is 0 Å². The van der Waals surface area contributed by atoms with Crippen molar-refractivity contribution in [3.8, 4) is 0 Å².